The summed E-state index contributed by atoms with van der Waals surface area (Å²) in [7, 11) is 0. The number of hydrogen-bond donors (Lipinski definition) is 0. The van der Waals surface area contributed by atoms with Gasteiger partial charge in [-0.1, -0.05) is 65.2 Å². The molecule has 6 nitrogen and oxygen atoms in total. The zero-order valence-electron chi connectivity index (χ0n) is 21.9. The lowest BCUT2D eigenvalue weighted by molar-refractivity contribution is -0.144. The highest BCUT2D eigenvalue weighted by molar-refractivity contribution is 5.69. The summed E-state index contributed by atoms with van der Waals surface area (Å²) in [6.07, 6.45) is 19.7. The molecule has 2 saturated heterocycles. The van der Waals surface area contributed by atoms with Crippen LogP contribution in [0.3, 0.4) is 0 Å². The van der Waals surface area contributed by atoms with Gasteiger partial charge in [0.1, 0.15) is 0 Å². The molecular formula is C28H50O6. The minimum absolute atomic E-state index is 0.0546. The first kappa shape index (κ1) is 29.1. The van der Waals surface area contributed by atoms with E-state index in [-0.39, 0.29) is 11.9 Å². The summed E-state index contributed by atoms with van der Waals surface area (Å²) in [5, 5.41) is 0. The van der Waals surface area contributed by atoms with Crippen molar-refractivity contribution in [3.63, 3.8) is 0 Å². The number of hydrogen-bond acceptors (Lipinski definition) is 6. The largest absolute Gasteiger partial charge is 0.466 e. The van der Waals surface area contributed by atoms with Crippen LogP contribution in [0.5, 0.6) is 0 Å². The molecule has 2 aliphatic heterocycles. The van der Waals surface area contributed by atoms with Crippen LogP contribution in [-0.2, 0) is 28.5 Å². The summed E-state index contributed by atoms with van der Waals surface area (Å²) in [4.78, 5) is 23.5. The molecule has 2 aliphatic rings. The predicted octanol–water partition coefficient (Wildman–Crippen LogP) is 6.67. The van der Waals surface area contributed by atoms with Gasteiger partial charge in [-0.25, -0.2) is 0 Å². The van der Waals surface area contributed by atoms with Gasteiger partial charge in [0.2, 0.25) is 0 Å². The van der Waals surface area contributed by atoms with Crippen LogP contribution < -0.4 is 0 Å². The Kier molecular flexibility index (Phi) is 15.6. The van der Waals surface area contributed by atoms with Crippen molar-refractivity contribution in [2.75, 3.05) is 13.2 Å². The standard InChI is InChI=1S/C28H50O6/c1-3-5-7-13-21-31-27(29)17-11-9-15-23-25(33-23)19-20-26-24(34-26)16-10-12-18-28(30)32-22-14-8-6-4-2/h23-26H,3-22H2,1-2H3. The first-order valence-corrected chi connectivity index (χ1v) is 14.3. The van der Waals surface area contributed by atoms with Crippen molar-refractivity contribution in [2.24, 2.45) is 0 Å². The van der Waals surface area contributed by atoms with E-state index in [9.17, 15) is 9.59 Å². The molecule has 0 bridgehead atoms. The topological polar surface area (TPSA) is 77.7 Å². The Bertz CT molecular complexity index is 503. The van der Waals surface area contributed by atoms with Gasteiger partial charge >= 0.3 is 11.9 Å². The predicted molar refractivity (Wildman–Crippen MR) is 134 cm³/mol. The molecule has 4 atom stereocenters. The van der Waals surface area contributed by atoms with Crippen molar-refractivity contribution in [3.05, 3.63) is 0 Å². The van der Waals surface area contributed by atoms with Crippen molar-refractivity contribution in [1.29, 1.82) is 0 Å². The summed E-state index contributed by atoms with van der Waals surface area (Å²) < 4.78 is 22.2. The van der Waals surface area contributed by atoms with E-state index in [1.165, 1.54) is 25.7 Å². The molecule has 0 spiro atoms. The lowest BCUT2D eigenvalue weighted by atomic mass is 10.0. The summed E-state index contributed by atoms with van der Waals surface area (Å²) in [5.41, 5.74) is 0. The van der Waals surface area contributed by atoms with Gasteiger partial charge in [-0.05, 0) is 51.4 Å². The van der Waals surface area contributed by atoms with Gasteiger partial charge in [0.05, 0.1) is 37.6 Å². The van der Waals surface area contributed by atoms with Crippen molar-refractivity contribution in [1.82, 2.24) is 0 Å². The molecule has 2 heterocycles. The molecule has 0 aromatic rings. The highest BCUT2D eigenvalue weighted by Gasteiger charge is 2.42. The summed E-state index contributed by atoms with van der Waals surface area (Å²) >= 11 is 0. The Balaban J connectivity index is 1.33. The first-order chi connectivity index (χ1) is 16.6. The number of rotatable bonds is 23. The van der Waals surface area contributed by atoms with E-state index in [4.69, 9.17) is 18.9 Å². The van der Waals surface area contributed by atoms with Gasteiger partial charge in [0, 0.05) is 12.8 Å². The third-order valence-electron chi connectivity index (χ3n) is 6.87. The van der Waals surface area contributed by atoms with Gasteiger partial charge in [-0.15, -0.1) is 0 Å². The zero-order valence-corrected chi connectivity index (χ0v) is 21.9. The molecule has 0 saturated carbocycles. The molecule has 6 heteroatoms. The Morgan fingerprint density at radius 2 is 0.941 bits per heavy atom. The molecule has 34 heavy (non-hydrogen) atoms. The average molecular weight is 483 g/mol. The van der Waals surface area contributed by atoms with Gasteiger partial charge < -0.3 is 18.9 Å². The van der Waals surface area contributed by atoms with Crippen LogP contribution in [0.15, 0.2) is 0 Å². The molecular weight excluding hydrogens is 432 g/mol. The van der Waals surface area contributed by atoms with Gasteiger partial charge in [0.25, 0.3) is 0 Å². The minimum atomic E-state index is -0.0546. The second-order valence-corrected chi connectivity index (χ2v) is 10.1. The van der Waals surface area contributed by atoms with Gasteiger partial charge in [-0.2, -0.15) is 0 Å². The highest BCUT2D eigenvalue weighted by atomic mass is 16.6. The fourth-order valence-corrected chi connectivity index (χ4v) is 4.51. The lowest BCUT2D eigenvalue weighted by Crippen LogP contribution is -2.06. The monoisotopic (exact) mass is 482 g/mol. The Hall–Kier alpha value is -1.14. The number of unbranched alkanes of at least 4 members (excludes halogenated alkanes) is 8. The molecule has 0 radical (unpaired) electrons. The van der Waals surface area contributed by atoms with Crippen LogP contribution >= 0.6 is 0 Å². The Labute approximate surface area is 207 Å². The third-order valence-corrected chi connectivity index (χ3v) is 6.87. The molecule has 4 unspecified atom stereocenters. The van der Waals surface area contributed by atoms with E-state index in [1.807, 2.05) is 0 Å². The Morgan fingerprint density at radius 1 is 0.529 bits per heavy atom. The van der Waals surface area contributed by atoms with Crippen molar-refractivity contribution in [3.8, 4) is 0 Å². The van der Waals surface area contributed by atoms with Crippen LogP contribution in [0.25, 0.3) is 0 Å². The van der Waals surface area contributed by atoms with Crippen LogP contribution in [0, 0.1) is 0 Å². The summed E-state index contributed by atoms with van der Waals surface area (Å²) in [5.74, 6) is -0.109. The molecule has 0 aromatic heterocycles. The smallest absolute Gasteiger partial charge is 0.305 e. The second-order valence-electron chi connectivity index (χ2n) is 10.1. The average Bonchev–Trinajstić information content (AvgIpc) is 3.74. The molecule has 0 amide bonds. The summed E-state index contributed by atoms with van der Waals surface area (Å²) in [6, 6.07) is 0. The fraction of sp³-hybridized carbons (Fsp3) is 0.929. The van der Waals surface area contributed by atoms with Gasteiger partial charge in [0.15, 0.2) is 0 Å². The maximum atomic E-state index is 11.7. The van der Waals surface area contributed by atoms with Crippen molar-refractivity contribution >= 4 is 11.9 Å². The van der Waals surface area contributed by atoms with Gasteiger partial charge in [-0.3, -0.25) is 9.59 Å². The molecule has 2 rings (SSSR count). The molecule has 2 fully saturated rings. The molecule has 0 aromatic carbocycles. The normalized spacial score (nSPS) is 23.0. The van der Waals surface area contributed by atoms with E-state index in [1.54, 1.807) is 0 Å². The van der Waals surface area contributed by atoms with E-state index >= 15 is 0 Å². The van der Waals surface area contributed by atoms with Crippen LogP contribution in [0.2, 0.25) is 0 Å². The van der Waals surface area contributed by atoms with Crippen LogP contribution in [-0.4, -0.2) is 49.6 Å². The maximum Gasteiger partial charge on any atom is 0.305 e. The van der Waals surface area contributed by atoms with E-state index < -0.39 is 0 Å². The van der Waals surface area contributed by atoms with E-state index in [0.717, 1.165) is 77.0 Å². The number of carbonyl (C=O) groups is 2. The van der Waals surface area contributed by atoms with Crippen LogP contribution in [0.1, 0.15) is 129 Å². The number of ether oxygens (including phenoxy) is 4. The second kappa shape index (κ2) is 18.2. The van der Waals surface area contributed by atoms with Crippen molar-refractivity contribution < 1.29 is 28.5 Å². The number of esters is 2. The van der Waals surface area contributed by atoms with E-state index in [0.29, 0.717) is 50.5 Å². The molecule has 0 aliphatic carbocycles. The molecule has 198 valence electrons. The van der Waals surface area contributed by atoms with Crippen molar-refractivity contribution in [2.45, 2.75) is 154 Å². The van der Waals surface area contributed by atoms with E-state index in [2.05, 4.69) is 13.8 Å². The fourth-order valence-electron chi connectivity index (χ4n) is 4.51. The first-order valence-electron chi connectivity index (χ1n) is 14.3. The van der Waals surface area contributed by atoms with Crippen LogP contribution in [0.4, 0.5) is 0 Å². The zero-order chi connectivity index (χ0) is 24.4. The lowest BCUT2D eigenvalue weighted by Gasteiger charge is -2.04. The maximum absolute atomic E-state index is 11.7. The Morgan fingerprint density at radius 3 is 1.35 bits per heavy atom. The third kappa shape index (κ3) is 14.3. The molecule has 0 N–H and O–H groups in total. The highest BCUT2D eigenvalue weighted by Crippen LogP contribution is 2.36. The quantitative estimate of drug-likeness (QED) is 0.0919. The number of carbonyl (C=O) groups excluding carboxylic acids is 2. The SMILES string of the molecule is CCCCCCOC(=O)CCCCC1OC1CCC1OC1CCCCC(=O)OCCCCCC. The minimum Gasteiger partial charge on any atom is -0.466 e. The number of epoxide rings is 2. The summed E-state index contributed by atoms with van der Waals surface area (Å²) in [6.45, 7) is 5.50.